The van der Waals surface area contributed by atoms with Crippen molar-refractivity contribution in [3.05, 3.63) is 58.1 Å². The Bertz CT molecular complexity index is 1040. The Morgan fingerprint density at radius 1 is 1.10 bits per heavy atom. The SMILES string of the molecule is CC1=C[C@@H](C(=O)OCC(=O)c2ccc3cc(Br)ccc3c2)N(C(=O)OC(C)(C)C)C1. The van der Waals surface area contributed by atoms with Gasteiger partial charge in [-0.2, -0.15) is 0 Å². The molecule has 0 spiro atoms. The first-order valence-electron chi connectivity index (χ1n) is 9.59. The largest absolute Gasteiger partial charge is 0.456 e. The minimum Gasteiger partial charge on any atom is -0.456 e. The maximum Gasteiger partial charge on any atom is 0.411 e. The summed E-state index contributed by atoms with van der Waals surface area (Å²) in [6, 6.07) is 10.2. The van der Waals surface area contributed by atoms with Crippen LogP contribution in [0.2, 0.25) is 0 Å². The fourth-order valence-electron chi connectivity index (χ4n) is 3.17. The van der Waals surface area contributed by atoms with E-state index in [0.29, 0.717) is 5.56 Å². The van der Waals surface area contributed by atoms with E-state index in [2.05, 4.69) is 15.9 Å². The van der Waals surface area contributed by atoms with Gasteiger partial charge in [0.1, 0.15) is 5.60 Å². The van der Waals surface area contributed by atoms with Gasteiger partial charge in [-0.25, -0.2) is 9.59 Å². The summed E-state index contributed by atoms with van der Waals surface area (Å²) in [6.45, 7) is 6.99. The molecule has 0 aliphatic carbocycles. The van der Waals surface area contributed by atoms with Crippen LogP contribution < -0.4 is 0 Å². The lowest BCUT2D eigenvalue weighted by Gasteiger charge is -2.27. The third-order valence-electron chi connectivity index (χ3n) is 4.54. The summed E-state index contributed by atoms with van der Waals surface area (Å²) in [4.78, 5) is 38.8. The first-order chi connectivity index (χ1) is 14.0. The molecule has 2 aromatic carbocycles. The van der Waals surface area contributed by atoms with Crippen molar-refractivity contribution in [2.24, 2.45) is 0 Å². The predicted molar refractivity (Wildman–Crippen MR) is 117 cm³/mol. The van der Waals surface area contributed by atoms with Crippen molar-refractivity contribution in [2.75, 3.05) is 13.2 Å². The zero-order chi connectivity index (χ0) is 22.1. The molecule has 1 amide bonds. The summed E-state index contributed by atoms with van der Waals surface area (Å²) in [7, 11) is 0. The number of benzene rings is 2. The average molecular weight is 474 g/mol. The summed E-state index contributed by atoms with van der Waals surface area (Å²) in [5, 5.41) is 1.92. The maximum absolute atomic E-state index is 12.6. The first-order valence-corrected chi connectivity index (χ1v) is 10.4. The number of nitrogens with zero attached hydrogens (tertiary/aromatic N) is 1. The molecule has 1 aliphatic heterocycles. The van der Waals surface area contributed by atoms with E-state index in [1.807, 2.05) is 31.2 Å². The van der Waals surface area contributed by atoms with E-state index in [9.17, 15) is 14.4 Å². The Kier molecular flexibility index (Phi) is 6.31. The number of ether oxygens (including phenoxy) is 2. The molecule has 0 N–H and O–H groups in total. The van der Waals surface area contributed by atoms with Crippen molar-refractivity contribution in [1.82, 2.24) is 4.90 Å². The molecule has 158 valence electrons. The summed E-state index contributed by atoms with van der Waals surface area (Å²) in [5.41, 5.74) is 0.638. The van der Waals surface area contributed by atoms with Gasteiger partial charge in [0, 0.05) is 16.6 Å². The van der Waals surface area contributed by atoms with Gasteiger partial charge in [-0.1, -0.05) is 45.8 Å². The third-order valence-corrected chi connectivity index (χ3v) is 5.03. The minimum atomic E-state index is -0.901. The molecular formula is C23H24BrNO5. The highest BCUT2D eigenvalue weighted by Crippen LogP contribution is 2.23. The molecule has 30 heavy (non-hydrogen) atoms. The lowest BCUT2D eigenvalue weighted by Crippen LogP contribution is -2.44. The standard InChI is InChI=1S/C23H24BrNO5/c1-14-9-19(25(12-14)22(28)30-23(2,3)4)21(27)29-13-20(26)17-6-5-16-11-18(24)8-7-15(16)10-17/h5-11,19H,12-13H2,1-4H3/t19-/m0/s1. The number of carbonyl (C=O) groups excluding carboxylic acids is 3. The van der Waals surface area contributed by atoms with Crippen molar-refractivity contribution in [1.29, 1.82) is 0 Å². The Hall–Kier alpha value is -2.67. The Balaban J connectivity index is 1.65. The van der Waals surface area contributed by atoms with E-state index in [4.69, 9.17) is 9.47 Å². The van der Waals surface area contributed by atoms with Crippen LogP contribution in [0.5, 0.6) is 0 Å². The van der Waals surface area contributed by atoms with Crippen molar-refractivity contribution >= 4 is 44.5 Å². The van der Waals surface area contributed by atoms with Crippen LogP contribution in [0.15, 0.2) is 52.5 Å². The van der Waals surface area contributed by atoms with E-state index in [1.165, 1.54) is 4.90 Å². The van der Waals surface area contributed by atoms with Crippen LogP contribution in [0.1, 0.15) is 38.1 Å². The fourth-order valence-corrected chi connectivity index (χ4v) is 3.55. The molecule has 7 heteroatoms. The number of hydrogen-bond acceptors (Lipinski definition) is 5. The molecule has 1 heterocycles. The number of amides is 1. The topological polar surface area (TPSA) is 72.9 Å². The second kappa shape index (κ2) is 8.60. The second-order valence-corrected chi connectivity index (χ2v) is 9.22. The Morgan fingerprint density at radius 2 is 1.77 bits per heavy atom. The van der Waals surface area contributed by atoms with Crippen molar-refractivity contribution in [2.45, 2.75) is 39.3 Å². The van der Waals surface area contributed by atoms with Gasteiger partial charge in [0.25, 0.3) is 0 Å². The van der Waals surface area contributed by atoms with E-state index < -0.39 is 30.3 Å². The summed E-state index contributed by atoms with van der Waals surface area (Å²) >= 11 is 3.42. The van der Waals surface area contributed by atoms with Gasteiger partial charge in [-0.15, -0.1) is 0 Å². The zero-order valence-corrected chi connectivity index (χ0v) is 19.0. The normalized spacial score (nSPS) is 16.4. The summed E-state index contributed by atoms with van der Waals surface area (Å²) in [5.74, 6) is -0.966. The maximum atomic E-state index is 12.6. The van der Waals surface area contributed by atoms with Crippen LogP contribution in [-0.4, -0.2) is 47.5 Å². The molecule has 2 aromatic rings. The number of ketones is 1. The highest BCUT2D eigenvalue weighted by molar-refractivity contribution is 9.10. The second-order valence-electron chi connectivity index (χ2n) is 8.30. The molecule has 1 aliphatic rings. The first kappa shape index (κ1) is 22.0. The van der Waals surface area contributed by atoms with Gasteiger partial charge < -0.3 is 9.47 Å². The Labute approximate surface area is 184 Å². The lowest BCUT2D eigenvalue weighted by molar-refractivity contribution is -0.146. The van der Waals surface area contributed by atoms with Crippen molar-refractivity contribution in [3.63, 3.8) is 0 Å². The van der Waals surface area contributed by atoms with Crippen LogP contribution in [0.25, 0.3) is 10.8 Å². The molecule has 0 bridgehead atoms. The highest BCUT2D eigenvalue weighted by atomic mass is 79.9. The van der Waals surface area contributed by atoms with Crippen LogP contribution in [0.3, 0.4) is 0 Å². The van der Waals surface area contributed by atoms with Crippen molar-refractivity contribution < 1.29 is 23.9 Å². The highest BCUT2D eigenvalue weighted by Gasteiger charge is 2.36. The van der Waals surface area contributed by atoms with Crippen LogP contribution >= 0.6 is 15.9 Å². The molecule has 0 unspecified atom stereocenters. The monoisotopic (exact) mass is 473 g/mol. The van der Waals surface area contributed by atoms with Crippen LogP contribution in [0, 0.1) is 0 Å². The molecule has 0 radical (unpaired) electrons. The fraction of sp³-hybridized carbons (Fsp3) is 0.348. The molecular weight excluding hydrogens is 450 g/mol. The van der Waals surface area contributed by atoms with E-state index in [-0.39, 0.29) is 12.3 Å². The van der Waals surface area contributed by atoms with Crippen LogP contribution in [-0.2, 0) is 14.3 Å². The molecule has 0 aromatic heterocycles. The number of fused-ring (bicyclic) bond motifs is 1. The van der Waals surface area contributed by atoms with Gasteiger partial charge in [0.15, 0.2) is 18.4 Å². The number of hydrogen-bond donors (Lipinski definition) is 0. The van der Waals surface area contributed by atoms with Gasteiger partial charge >= 0.3 is 12.1 Å². The van der Waals surface area contributed by atoms with E-state index >= 15 is 0 Å². The predicted octanol–water partition coefficient (Wildman–Crippen LogP) is 4.89. The molecule has 3 rings (SSSR count). The quantitative estimate of drug-likeness (QED) is 0.358. The minimum absolute atomic E-state index is 0.281. The van der Waals surface area contributed by atoms with Gasteiger partial charge in [0.2, 0.25) is 0 Å². The van der Waals surface area contributed by atoms with Crippen LogP contribution in [0.4, 0.5) is 4.79 Å². The number of rotatable bonds is 4. The molecule has 0 saturated heterocycles. The summed E-state index contributed by atoms with van der Waals surface area (Å²) < 4.78 is 11.6. The lowest BCUT2D eigenvalue weighted by atomic mass is 10.0. The number of halogens is 1. The van der Waals surface area contributed by atoms with Gasteiger partial charge in [-0.3, -0.25) is 9.69 Å². The van der Waals surface area contributed by atoms with E-state index in [1.54, 1.807) is 39.0 Å². The molecule has 1 atom stereocenters. The molecule has 6 nitrogen and oxygen atoms in total. The zero-order valence-electron chi connectivity index (χ0n) is 17.4. The van der Waals surface area contributed by atoms with Crippen molar-refractivity contribution in [3.8, 4) is 0 Å². The van der Waals surface area contributed by atoms with Gasteiger partial charge in [0.05, 0.1) is 0 Å². The smallest absolute Gasteiger partial charge is 0.411 e. The number of carbonyl (C=O) groups is 3. The Morgan fingerprint density at radius 3 is 2.47 bits per heavy atom. The number of esters is 1. The van der Waals surface area contributed by atoms with Gasteiger partial charge in [-0.05, 0) is 56.7 Å². The third kappa shape index (κ3) is 5.27. The average Bonchev–Trinajstić information content (AvgIpc) is 3.06. The number of Topliss-reactive ketones (excluding diaryl/α,β-unsaturated/α-hetero) is 1. The molecule has 0 fully saturated rings. The van der Waals surface area contributed by atoms with E-state index in [0.717, 1.165) is 20.8 Å². The summed E-state index contributed by atoms with van der Waals surface area (Å²) in [6.07, 6.45) is 1.06. The molecule has 0 saturated carbocycles.